The molecule has 1 heterocycles. The summed E-state index contributed by atoms with van der Waals surface area (Å²) in [7, 11) is 0. The second-order valence-electron chi connectivity index (χ2n) is 5.58. The molecule has 0 unspecified atom stereocenters. The van der Waals surface area contributed by atoms with E-state index in [1.54, 1.807) is 25.1 Å². The van der Waals surface area contributed by atoms with Gasteiger partial charge in [-0.15, -0.1) is 0 Å². The van der Waals surface area contributed by atoms with Crippen LogP contribution in [0, 0.1) is 6.92 Å². The largest absolute Gasteiger partial charge is 0.508 e. The molecule has 0 fully saturated rings. The number of aliphatic hydroxyl groups is 1. The molecule has 3 N–H and O–H groups in total. The first-order chi connectivity index (χ1) is 9.94. The highest BCUT2D eigenvalue weighted by molar-refractivity contribution is 5.34. The lowest BCUT2D eigenvalue weighted by Gasteiger charge is -2.26. The summed E-state index contributed by atoms with van der Waals surface area (Å²) in [5.41, 5.74) is -0.252. The Morgan fingerprint density at radius 1 is 1.24 bits per heavy atom. The number of hydrogen-bond donors (Lipinski definition) is 3. The molecule has 21 heavy (non-hydrogen) atoms. The number of furan rings is 1. The van der Waals surface area contributed by atoms with E-state index in [1.807, 2.05) is 32.0 Å². The van der Waals surface area contributed by atoms with Gasteiger partial charge in [0.05, 0.1) is 0 Å². The Hall–Kier alpha value is -1.78. The third kappa shape index (κ3) is 3.65. The molecule has 2 atom stereocenters. The first-order valence-corrected chi connectivity index (χ1v) is 7.24. The summed E-state index contributed by atoms with van der Waals surface area (Å²) >= 11 is 0. The fourth-order valence-electron chi connectivity index (χ4n) is 2.39. The van der Waals surface area contributed by atoms with Crippen LogP contribution in [0.3, 0.4) is 0 Å². The Morgan fingerprint density at radius 2 is 1.95 bits per heavy atom. The summed E-state index contributed by atoms with van der Waals surface area (Å²) in [6.07, 6.45) is 0.810. The van der Waals surface area contributed by atoms with Crippen LogP contribution in [0.4, 0.5) is 0 Å². The molecule has 0 aliphatic heterocycles. The summed E-state index contributed by atoms with van der Waals surface area (Å²) < 4.78 is 5.50. The predicted octanol–water partition coefficient (Wildman–Crippen LogP) is 3.24. The van der Waals surface area contributed by atoms with Crippen molar-refractivity contribution < 1.29 is 14.6 Å². The highest BCUT2D eigenvalue weighted by Crippen LogP contribution is 2.28. The Balaban J connectivity index is 2.08. The Morgan fingerprint density at radius 3 is 2.52 bits per heavy atom. The van der Waals surface area contributed by atoms with E-state index >= 15 is 0 Å². The van der Waals surface area contributed by atoms with Crippen molar-refractivity contribution in [2.45, 2.75) is 38.8 Å². The van der Waals surface area contributed by atoms with Crippen molar-refractivity contribution in [3.63, 3.8) is 0 Å². The van der Waals surface area contributed by atoms with Crippen molar-refractivity contribution in [2.24, 2.45) is 0 Å². The number of aromatic hydroxyl groups is 1. The van der Waals surface area contributed by atoms with E-state index in [1.165, 1.54) is 0 Å². The molecule has 4 nitrogen and oxygen atoms in total. The van der Waals surface area contributed by atoms with Gasteiger partial charge in [0.15, 0.2) is 0 Å². The van der Waals surface area contributed by atoms with Crippen molar-refractivity contribution in [3.8, 4) is 5.75 Å². The lowest BCUT2D eigenvalue weighted by molar-refractivity contribution is 0.0305. The van der Waals surface area contributed by atoms with Gasteiger partial charge in [0.2, 0.25) is 0 Å². The van der Waals surface area contributed by atoms with Crippen molar-refractivity contribution in [2.75, 3.05) is 6.54 Å². The van der Waals surface area contributed by atoms with Crippen LogP contribution in [-0.4, -0.2) is 16.8 Å². The smallest absolute Gasteiger partial charge is 0.136 e. The summed E-state index contributed by atoms with van der Waals surface area (Å²) in [4.78, 5) is 0. The van der Waals surface area contributed by atoms with E-state index in [4.69, 9.17) is 4.42 Å². The van der Waals surface area contributed by atoms with E-state index in [2.05, 4.69) is 5.32 Å². The fourth-order valence-corrected chi connectivity index (χ4v) is 2.39. The molecule has 0 aliphatic carbocycles. The molecule has 0 aliphatic rings. The third-order valence-corrected chi connectivity index (χ3v) is 3.68. The minimum absolute atomic E-state index is 0.0197. The molecular formula is C17H23NO3. The Kier molecular flexibility index (Phi) is 4.70. The van der Waals surface area contributed by atoms with Gasteiger partial charge in [-0.3, -0.25) is 0 Å². The molecule has 1 aromatic carbocycles. The predicted molar refractivity (Wildman–Crippen MR) is 82.2 cm³/mol. The number of rotatable bonds is 6. The van der Waals surface area contributed by atoms with Crippen LogP contribution >= 0.6 is 0 Å². The summed E-state index contributed by atoms with van der Waals surface area (Å²) in [5.74, 6) is 1.59. The van der Waals surface area contributed by atoms with Crippen molar-refractivity contribution in [3.05, 3.63) is 53.5 Å². The molecule has 0 radical (unpaired) electrons. The molecule has 0 saturated heterocycles. The zero-order valence-corrected chi connectivity index (χ0v) is 12.8. The average Bonchev–Trinajstić information content (AvgIpc) is 2.89. The van der Waals surface area contributed by atoms with E-state index in [0.717, 1.165) is 17.7 Å². The Bertz CT molecular complexity index is 589. The first kappa shape index (κ1) is 15.6. The van der Waals surface area contributed by atoms with Gasteiger partial charge in [0, 0.05) is 18.2 Å². The topological polar surface area (TPSA) is 65.6 Å². The van der Waals surface area contributed by atoms with Crippen LogP contribution in [0.25, 0.3) is 0 Å². The molecule has 0 bridgehead atoms. The van der Waals surface area contributed by atoms with Crippen LogP contribution in [0.5, 0.6) is 5.75 Å². The molecule has 0 saturated carbocycles. The van der Waals surface area contributed by atoms with Gasteiger partial charge in [0.25, 0.3) is 0 Å². The van der Waals surface area contributed by atoms with Crippen molar-refractivity contribution >= 4 is 0 Å². The lowest BCUT2D eigenvalue weighted by atomic mass is 10.00. The Labute approximate surface area is 125 Å². The standard InChI is InChI=1S/C17H23NO3/c1-4-14(13-7-5-6-8-15(13)19)18-11-17(3,20)16-10-9-12(2)21-16/h5-10,14,18-20H,4,11H2,1-3H3/t14-,17-/m0/s1. The van der Waals surface area contributed by atoms with Gasteiger partial charge in [-0.1, -0.05) is 25.1 Å². The van der Waals surface area contributed by atoms with E-state index in [0.29, 0.717) is 12.3 Å². The molecule has 4 heteroatoms. The lowest BCUT2D eigenvalue weighted by Crippen LogP contribution is -2.37. The summed E-state index contributed by atoms with van der Waals surface area (Å²) in [6, 6.07) is 10.9. The first-order valence-electron chi connectivity index (χ1n) is 7.24. The zero-order chi connectivity index (χ0) is 15.5. The van der Waals surface area contributed by atoms with Crippen LogP contribution < -0.4 is 5.32 Å². The monoisotopic (exact) mass is 289 g/mol. The molecule has 114 valence electrons. The van der Waals surface area contributed by atoms with Gasteiger partial charge >= 0.3 is 0 Å². The third-order valence-electron chi connectivity index (χ3n) is 3.68. The number of hydrogen-bond acceptors (Lipinski definition) is 4. The SMILES string of the molecule is CC[C@H](NC[C@](C)(O)c1ccc(C)o1)c1ccccc1O. The van der Waals surface area contributed by atoms with Crippen LogP contribution in [0.15, 0.2) is 40.8 Å². The average molecular weight is 289 g/mol. The maximum Gasteiger partial charge on any atom is 0.136 e. The van der Waals surface area contributed by atoms with Gasteiger partial charge in [-0.25, -0.2) is 0 Å². The van der Waals surface area contributed by atoms with E-state index in [9.17, 15) is 10.2 Å². The summed E-state index contributed by atoms with van der Waals surface area (Å²) in [5, 5.41) is 23.8. The van der Waals surface area contributed by atoms with Crippen LogP contribution in [-0.2, 0) is 5.60 Å². The highest BCUT2D eigenvalue weighted by atomic mass is 16.4. The van der Waals surface area contributed by atoms with E-state index in [-0.39, 0.29) is 11.8 Å². The van der Waals surface area contributed by atoms with Gasteiger partial charge < -0.3 is 19.9 Å². The quantitative estimate of drug-likeness (QED) is 0.764. The number of para-hydroxylation sites is 1. The van der Waals surface area contributed by atoms with Crippen LogP contribution in [0.1, 0.15) is 43.4 Å². The molecule has 1 aromatic heterocycles. The minimum Gasteiger partial charge on any atom is -0.508 e. The van der Waals surface area contributed by atoms with Crippen LogP contribution in [0.2, 0.25) is 0 Å². The van der Waals surface area contributed by atoms with E-state index < -0.39 is 5.60 Å². The minimum atomic E-state index is -1.09. The number of phenols is 1. The second-order valence-corrected chi connectivity index (χ2v) is 5.58. The fraction of sp³-hybridized carbons (Fsp3) is 0.412. The maximum absolute atomic E-state index is 10.5. The summed E-state index contributed by atoms with van der Waals surface area (Å²) in [6.45, 7) is 5.95. The number of aryl methyl sites for hydroxylation is 1. The maximum atomic E-state index is 10.5. The van der Waals surface area contributed by atoms with Gasteiger partial charge in [-0.05, 0) is 38.5 Å². The second kappa shape index (κ2) is 6.33. The normalized spacial score (nSPS) is 15.6. The number of nitrogens with one attached hydrogen (secondary N) is 1. The molecule has 0 amide bonds. The van der Waals surface area contributed by atoms with Gasteiger partial charge in [-0.2, -0.15) is 0 Å². The number of benzene rings is 1. The zero-order valence-electron chi connectivity index (χ0n) is 12.8. The number of phenolic OH excluding ortho intramolecular Hbond substituents is 1. The molecule has 0 spiro atoms. The van der Waals surface area contributed by atoms with Crippen molar-refractivity contribution in [1.82, 2.24) is 5.32 Å². The molecular weight excluding hydrogens is 266 g/mol. The highest BCUT2D eigenvalue weighted by Gasteiger charge is 2.28. The van der Waals surface area contributed by atoms with Gasteiger partial charge in [0.1, 0.15) is 22.9 Å². The molecule has 2 rings (SSSR count). The molecule has 2 aromatic rings. The van der Waals surface area contributed by atoms with Crippen molar-refractivity contribution in [1.29, 1.82) is 0 Å².